The summed E-state index contributed by atoms with van der Waals surface area (Å²) in [4.78, 5) is 42.3. The molecule has 0 unspecified atom stereocenters. The Bertz CT molecular complexity index is 865. The third kappa shape index (κ3) is 2.46. The Kier molecular flexibility index (Phi) is 4.18. The summed E-state index contributed by atoms with van der Waals surface area (Å²) in [5.41, 5.74) is -1.51. The molecule has 4 rings (SSSR count). The molecule has 0 aromatic heterocycles. The number of barbiturate groups is 1. The molecule has 3 aliphatic rings. The highest BCUT2D eigenvalue weighted by Crippen LogP contribution is 2.48. The second kappa shape index (κ2) is 6.13. The van der Waals surface area contributed by atoms with Crippen LogP contribution in [0.15, 0.2) is 18.2 Å². The maximum atomic E-state index is 13.2. The first-order valence-electron chi connectivity index (χ1n) is 8.74. The van der Waals surface area contributed by atoms with E-state index in [9.17, 15) is 27.6 Å². The molecule has 0 saturated carbocycles. The Morgan fingerprint density at radius 2 is 1.75 bits per heavy atom. The third-order valence-electron chi connectivity index (χ3n) is 5.83. The fourth-order valence-corrected chi connectivity index (χ4v) is 5.61. The van der Waals surface area contributed by atoms with Crippen LogP contribution in [0.3, 0.4) is 0 Å². The van der Waals surface area contributed by atoms with Crippen LogP contribution in [0.5, 0.6) is 0 Å². The van der Waals surface area contributed by atoms with E-state index in [0.29, 0.717) is 23.5 Å². The Hall–Kier alpha value is -2.23. The molecule has 10 heteroatoms. The lowest BCUT2D eigenvalue weighted by Crippen LogP contribution is -2.72. The summed E-state index contributed by atoms with van der Waals surface area (Å²) in [5, 5.41) is 0. The van der Waals surface area contributed by atoms with E-state index in [1.165, 1.54) is 20.2 Å². The highest BCUT2D eigenvalue weighted by atomic mass is 32.2. The predicted molar refractivity (Wildman–Crippen MR) is 97.0 cm³/mol. The monoisotopic (exact) mass is 413 g/mol. The Balaban J connectivity index is 1.91. The number of fused-ring (bicyclic) bond motifs is 4. The van der Waals surface area contributed by atoms with Crippen LogP contribution in [0.25, 0.3) is 0 Å². The van der Waals surface area contributed by atoms with E-state index in [4.69, 9.17) is 0 Å². The van der Waals surface area contributed by atoms with Gasteiger partial charge in [0.05, 0.1) is 11.6 Å². The van der Waals surface area contributed by atoms with E-state index in [1.54, 1.807) is 11.8 Å². The van der Waals surface area contributed by atoms with Crippen molar-refractivity contribution in [2.75, 3.05) is 37.0 Å². The van der Waals surface area contributed by atoms with Crippen molar-refractivity contribution < 1.29 is 27.6 Å². The molecule has 2 saturated heterocycles. The number of carbonyl (C=O) groups is 3. The van der Waals surface area contributed by atoms with Crippen LogP contribution in [-0.4, -0.2) is 65.8 Å². The number of hydrogen-bond acceptors (Lipinski definition) is 5. The van der Waals surface area contributed by atoms with Gasteiger partial charge in [0, 0.05) is 37.8 Å². The highest BCUT2D eigenvalue weighted by molar-refractivity contribution is 7.99. The fourth-order valence-electron chi connectivity index (χ4n) is 4.43. The molecule has 0 aliphatic carbocycles. The SMILES string of the molecule is CN1C(=O)N(C)C(=O)C2(Cc3cc(C(F)(F)F)ccc3N3CCSC[C@@H]32)C1=O. The number of benzene rings is 1. The van der Waals surface area contributed by atoms with E-state index in [2.05, 4.69) is 0 Å². The van der Waals surface area contributed by atoms with Gasteiger partial charge in [-0.1, -0.05) is 0 Å². The van der Waals surface area contributed by atoms with Crippen LogP contribution >= 0.6 is 11.8 Å². The van der Waals surface area contributed by atoms with E-state index in [0.717, 1.165) is 27.7 Å². The van der Waals surface area contributed by atoms with Gasteiger partial charge in [0.25, 0.3) is 0 Å². The summed E-state index contributed by atoms with van der Waals surface area (Å²) in [6, 6.07) is 2.22. The maximum absolute atomic E-state index is 13.2. The summed E-state index contributed by atoms with van der Waals surface area (Å²) < 4.78 is 39.7. The van der Waals surface area contributed by atoms with Gasteiger partial charge < -0.3 is 4.90 Å². The van der Waals surface area contributed by atoms with Crippen molar-refractivity contribution in [2.45, 2.75) is 18.6 Å². The van der Waals surface area contributed by atoms with Crippen molar-refractivity contribution in [2.24, 2.45) is 5.41 Å². The molecule has 28 heavy (non-hydrogen) atoms. The molecule has 4 amide bonds. The first kappa shape index (κ1) is 19.1. The van der Waals surface area contributed by atoms with E-state index in [-0.39, 0.29) is 6.42 Å². The number of halogens is 3. The Morgan fingerprint density at radius 1 is 1.11 bits per heavy atom. The smallest absolute Gasteiger partial charge is 0.365 e. The van der Waals surface area contributed by atoms with Crippen molar-refractivity contribution in [1.29, 1.82) is 0 Å². The molecule has 1 aromatic carbocycles. The summed E-state index contributed by atoms with van der Waals surface area (Å²) in [5.74, 6) is -0.0873. The molecular formula is C18H18F3N3O3S. The van der Waals surface area contributed by atoms with Crippen LogP contribution < -0.4 is 4.90 Å². The minimum atomic E-state index is -4.53. The molecule has 0 N–H and O–H groups in total. The predicted octanol–water partition coefficient (Wildman–Crippen LogP) is 2.22. The molecule has 150 valence electrons. The van der Waals surface area contributed by atoms with Crippen molar-refractivity contribution in [3.63, 3.8) is 0 Å². The molecule has 0 radical (unpaired) electrons. The van der Waals surface area contributed by atoms with Gasteiger partial charge in [-0.3, -0.25) is 19.4 Å². The van der Waals surface area contributed by atoms with Crippen LogP contribution in [0, 0.1) is 5.41 Å². The van der Waals surface area contributed by atoms with Crippen LogP contribution in [0.4, 0.5) is 23.7 Å². The van der Waals surface area contributed by atoms with Gasteiger partial charge in [-0.15, -0.1) is 0 Å². The van der Waals surface area contributed by atoms with Crippen molar-refractivity contribution in [3.8, 4) is 0 Å². The average Bonchev–Trinajstić information content (AvgIpc) is 2.68. The number of thioether (sulfide) groups is 1. The molecule has 1 aromatic rings. The van der Waals surface area contributed by atoms with E-state index in [1.807, 2.05) is 4.90 Å². The van der Waals surface area contributed by atoms with Gasteiger partial charge in [0.2, 0.25) is 11.8 Å². The van der Waals surface area contributed by atoms with Gasteiger partial charge >= 0.3 is 12.2 Å². The number of nitrogens with zero attached hydrogens (tertiary/aromatic N) is 3. The summed E-state index contributed by atoms with van der Waals surface area (Å²) in [6.07, 6.45) is -4.69. The molecule has 0 bridgehead atoms. The van der Waals surface area contributed by atoms with Crippen LogP contribution in [0.1, 0.15) is 11.1 Å². The zero-order chi connectivity index (χ0) is 20.4. The zero-order valence-electron chi connectivity index (χ0n) is 15.2. The van der Waals surface area contributed by atoms with Gasteiger partial charge in [-0.2, -0.15) is 24.9 Å². The lowest BCUT2D eigenvalue weighted by atomic mass is 9.68. The highest BCUT2D eigenvalue weighted by Gasteiger charge is 2.63. The normalized spacial score (nSPS) is 24.5. The molecule has 1 spiro atoms. The van der Waals surface area contributed by atoms with Gasteiger partial charge in [-0.25, -0.2) is 4.79 Å². The Labute approximate surface area is 163 Å². The van der Waals surface area contributed by atoms with E-state index >= 15 is 0 Å². The number of carbonyl (C=O) groups excluding carboxylic acids is 3. The van der Waals surface area contributed by atoms with E-state index < -0.39 is 41.0 Å². The molecule has 6 nitrogen and oxygen atoms in total. The average molecular weight is 413 g/mol. The lowest BCUT2D eigenvalue weighted by Gasteiger charge is -2.54. The second-order valence-corrected chi connectivity index (χ2v) is 8.43. The van der Waals surface area contributed by atoms with Gasteiger partial charge in [0.15, 0.2) is 5.41 Å². The standard InChI is InChI=1S/C18H18F3N3O3S/c1-22-14(25)17(15(26)23(2)16(22)27)8-10-7-11(18(19,20)21)3-4-12(10)24-5-6-28-9-13(17)24/h3-4,7,13H,5-6,8-9H2,1-2H3/t13-/m1/s1. The topological polar surface area (TPSA) is 60.9 Å². The lowest BCUT2D eigenvalue weighted by molar-refractivity contribution is -0.158. The van der Waals surface area contributed by atoms with Crippen molar-refractivity contribution in [1.82, 2.24) is 9.80 Å². The number of hydrogen-bond donors (Lipinski definition) is 0. The molecule has 1 atom stereocenters. The minimum Gasteiger partial charge on any atom is -0.365 e. The summed E-state index contributed by atoms with van der Waals surface area (Å²) in [6.45, 7) is 0.511. The minimum absolute atomic E-state index is 0.159. The number of amides is 4. The first-order valence-corrected chi connectivity index (χ1v) is 9.89. The van der Waals surface area contributed by atoms with Crippen molar-refractivity contribution >= 4 is 35.3 Å². The molecular weight excluding hydrogens is 395 g/mol. The summed E-state index contributed by atoms with van der Waals surface area (Å²) in [7, 11) is 2.61. The van der Waals surface area contributed by atoms with Gasteiger partial charge in [-0.05, 0) is 30.2 Å². The van der Waals surface area contributed by atoms with Crippen LogP contribution in [0.2, 0.25) is 0 Å². The zero-order valence-corrected chi connectivity index (χ0v) is 16.1. The number of urea groups is 1. The molecule has 3 heterocycles. The molecule has 3 aliphatic heterocycles. The number of anilines is 1. The quantitative estimate of drug-likeness (QED) is 0.611. The Morgan fingerprint density at radius 3 is 2.36 bits per heavy atom. The molecule has 2 fully saturated rings. The fraction of sp³-hybridized carbons (Fsp3) is 0.500. The number of rotatable bonds is 0. The summed E-state index contributed by atoms with van der Waals surface area (Å²) >= 11 is 1.59. The number of alkyl halides is 3. The second-order valence-electron chi connectivity index (χ2n) is 7.28. The third-order valence-corrected chi connectivity index (χ3v) is 6.85. The maximum Gasteiger partial charge on any atom is 0.416 e. The van der Waals surface area contributed by atoms with Gasteiger partial charge in [0.1, 0.15) is 0 Å². The number of imide groups is 2. The largest absolute Gasteiger partial charge is 0.416 e. The van der Waals surface area contributed by atoms with Crippen LogP contribution in [-0.2, 0) is 22.2 Å². The van der Waals surface area contributed by atoms with Crippen molar-refractivity contribution in [3.05, 3.63) is 29.3 Å². The first-order chi connectivity index (χ1) is 13.1.